The minimum absolute atomic E-state index is 0.174. The second-order valence-corrected chi connectivity index (χ2v) is 8.03. The molecule has 5 heteroatoms. The zero-order valence-electron chi connectivity index (χ0n) is 15.9. The summed E-state index contributed by atoms with van der Waals surface area (Å²) in [5.41, 5.74) is -0.429. The molecule has 0 bridgehead atoms. The summed E-state index contributed by atoms with van der Waals surface area (Å²) < 4.78 is 11.1. The number of carbonyl (C=O) groups excluding carboxylic acids is 1. The van der Waals surface area contributed by atoms with Gasteiger partial charge in [-0.3, -0.25) is 0 Å². The van der Waals surface area contributed by atoms with Gasteiger partial charge in [-0.15, -0.1) is 0 Å². The minimum atomic E-state index is -0.429. The summed E-state index contributed by atoms with van der Waals surface area (Å²) in [6, 6.07) is 0.648. The van der Waals surface area contributed by atoms with Gasteiger partial charge in [0, 0.05) is 31.8 Å². The van der Waals surface area contributed by atoms with Crippen LogP contribution in [-0.4, -0.2) is 55.0 Å². The van der Waals surface area contributed by atoms with Crippen molar-refractivity contribution in [2.45, 2.75) is 78.5 Å². The van der Waals surface area contributed by atoms with Gasteiger partial charge >= 0.3 is 6.09 Å². The van der Waals surface area contributed by atoms with E-state index in [1.54, 1.807) is 0 Å². The van der Waals surface area contributed by atoms with Crippen LogP contribution in [0.3, 0.4) is 0 Å². The van der Waals surface area contributed by atoms with Gasteiger partial charge in [-0.2, -0.15) is 0 Å². The highest BCUT2D eigenvalue weighted by molar-refractivity contribution is 5.68. The zero-order chi connectivity index (χ0) is 17.5. The fourth-order valence-electron chi connectivity index (χ4n) is 2.83. The third kappa shape index (κ3) is 8.56. The van der Waals surface area contributed by atoms with E-state index in [2.05, 4.69) is 26.1 Å². The van der Waals surface area contributed by atoms with E-state index in [-0.39, 0.29) is 12.1 Å². The quantitative estimate of drug-likeness (QED) is 0.694. The van der Waals surface area contributed by atoms with Crippen LogP contribution in [-0.2, 0) is 9.47 Å². The summed E-state index contributed by atoms with van der Waals surface area (Å²) in [6.07, 6.45) is 2.92. The number of ether oxygens (including phenoxy) is 2. The lowest BCUT2D eigenvalue weighted by molar-refractivity contribution is 0.0213. The largest absolute Gasteiger partial charge is 0.444 e. The highest BCUT2D eigenvalue weighted by atomic mass is 16.6. The standard InChI is InChI=1S/C18H36N2O3/c1-14(2)13-22-11-9-19-15(3)12-16-8-7-10-20(16)17(21)23-18(4,5)6/h14-16,19H,7-13H2,1-6H3. The average molecular weight is 328 g/mol. The lowest BCUT2D eigenvalue weighted by Crippen LogP contribution is -2.43. The van der Waals surface area contributed by atoms with Crippen molar-refractivity contribution in [3.8, 4) is 0 Å². The van der Waals surface area contributed by atoms with E-state index in [4.69, 9.17) is 9.47 Å². The first-order valence-corrected chi connectivity index (χ1v) is 9.00. The Hall–Kier alpha value is -0.810. The van der Waals surface area contributed by atoms with Gasteiger partial charge in [0.05, 0.1) is 6.61 Å². The third-order valence-corrected chi connectivity index (χ3v) is 3.82. The van der Waals surface area contributed by atoms with Gasteiger partial charge in [-0.05, 0) is 52.9 Å². The maximum absolute atomic E-state index is 12.3. The van der Waals surface area contributed by atoms with Crippen molar-refractivity contribution in [1.29, 1.82) is 0 Å². The van der Waals surface area contributed by atoms with Crippen LogP contribution in [0, 0.1) is 5.92 Å². The van der Waals surface area contributed by atoms with Crippen LogP contribution in [0.15, 0.2) is 0 Å². The molecule has 0 aromatic carbocycles. The number of rotatable bonds is 8. The molecular weight excluding hydrogens is 292 g/mol. The first-order valence-electron chi connectivity index (χ1n) is 9.00. The van der Waals surface area contributed by atoms with Crippen molar-refractivity contribution in [2.24, 2.45) is 5.92 Å². The minimum Gasteiger partial charge on any atom is -0.444 e. The number of amides is 1. The van der Waals surface area contributed by atoms with E-state index >= 15 is 0 Å². The SMILES string of the molecule is CC(C)COCCNC(C)CC1CCCN1C(=O)OC(C)(C)C. The smallest absolute Gasteiger partial charge is 0.410 e. The molecule has 2 atom stereocenters. The molecule has 0 aromatic rings. The van der Waals surface area contributed by atoms with E-state index in [1.165, 1.54) is 0 Å². The monoisotopic (exact) mass is 328 g/mol. The Balaban J connectivity index is 2.30. The van der Waals surface area contributed by atoms with Crippen molar-refractivity contribution < 1.29 is 14.3 Å². The Labute approximate surface area is 142 Å². The van der Waals surface area contributed by atoms with Gasteiger partial charge < -0.3 is 19.7 Å². The second-order valence-electron chi connectivity index (χ2n) is 8.03. The molecule has 1 fully saturated rings. The lowest BCUT2D eigenvalue weighted by atomic mass is 10.1. The molecule has 1 rings (SSSR count). The zero-order valence-corrected chi connectivity index (χ0v) is 15.9. The summed E-state index contributed by atoms with van der Waals surface area (Å²) in [6.45, 7) is 15.4. The summed E-state index contributed by atoms with van der Waals surface area (Å²) in [4.78, 5) is 14.2. The molecule has 1 saturated heterocycles. The van der Waals surface area contributed by atoms with Crippen molar-refractivity contribution in [1.82, 2.24) is 10.2 Å². The fourth-order valence-corrected chi connectivity index (χ4v) is 2.83. The van der Waals surface area contributed by atoms with Crippen molar-refractivity contribution in [3.05, 3.63) is 0 Å². The van der Waals surface area contributed by atoms with Gasteiger partial charge in [0.25, 0.3) is 0 Å². The first-order chi connectivity index (χ1) is 10.7. The van der Waals surface area contributed by atoms with E-state index < -0.39 is 5.60 Å². The fraction of sp³-hybridized carbons (Fsp3) is 0.944. The van der Waals surface area contributed by atoms with E-state index in [1.807, 2.05) is 25.7 Å². The topological polar surface area (TPSA) is 50.8 Å². The van der Waals surface area contributed by atoms with E-state index in [0.717, 1.165) is 45.6 Å². The first kappa shape index (κ1) is 20.2. The second kappa shape index (κ2) is 9.48. The predicted molar refractivity (Wildman–Crippen MR) is 93.7 cm³/mol. The van der Waals surface area contributed by atoms with Gasteiger partial charge in [0.2, 0.25) is 0 Å². The Morgan fingerprint density at radius 2 is 2.00 bits per heavy atom. The Bertz CT molecular complexity index is 353. The third-order valence-electron chi connectivity index (χ3n) is 3.82. The van der Waals surface area contributed by atoms with Gasteiger partial charge in [0.15, 0.2) is 0 Å². The number of hydrogen-bond donors (Lipinski definition) is 1. The molecule has 1 aliphatic rings. The number of nitrogens with one attached hydrogen (secondary N) is 1. The molecule has 0 radical (unpaired) electrons. The lowest BCUT2D eigenvalue weighted by Gasteiger charge is -2.30. The maximum atomic E-state index is 12.3. The molecule has 0 saturated carbocycles. The summed E-state index contributed by atoms with van der Waals surface area (Å²) in [5.74, 6) is 0.577. The molecule has 1 aliphatic heterocycles. The van der Waals surface area contributed by atoms with E-state index in [9.17, 15) is 4.79 Å². The number of hydrogen-bond acceptors (Lipinski definition) is 4. The molecule has 5 nitrogen and oxygen atoms in total. The van der Waals surface area contributed by atoms with Crippen molar-refractivity contribution in [2.75, 3.05) is 26.3 Å². The molecule has 0 aromatic heterocycles. The summed E-state index contributed by atoms with van der Waals surface area (Å²) >= 11 is 0. The molecule has 0 aliphatic carbocycles. The van der Waals surface area contributed by atoms with Crippen LogP contribution >= 0.6 is 0 Å². The summed E-state index contributed by atoms with van der Waals surface area (Å²) in [5, 5.41) is 3.49. The highest BCUT2D eigenvalue weighted by Gasteiger charge is 2.32. The summed E-state index contributed by atoms with van der Waals surface area (Å²) in [7, 11) is 0. The maximum Gasteiger partial charge on any atom is 0.410 e. The Kier molecular flexibility index (Phi) is 8.34. The van der Waals surface area contributed by atoms with Gasteiger partial charge in [-0.25, -0.2) is 4.79 Å². The molecular formula is C18H36N2O3. The van der Waals surface area contributed by atoms with Crippen LogP contribution in [0.25, 0.3) is 0 Å². The average Bonchev–Trinajstić information content (AvgIpc) is 2.84. The van der Waals surface area contributed by atoms with Crippen LogP contribution in [0.2, 0.25) is 0 Å². The molecule has 2 unspecified atom stereocenters. The molecule has 136 valence electrons. The predicted octanol–water partition coefficient (Wildman–Crippen LogP) is 3.43. The molecule has 1 N–H and O–H groups in total. The molecule has 23 heavy (non-hydrogen) atoms. The van der Waals surface area contributed by atoms with Crippen LogP contribution < -0.4 is 5.32 Å². The Morgan fingerprint density at radius 1 is 1.30 bits per heavy atom. The van der Waals surface area contributed by atoms with Crippen molar-refractivity contribution in [3.63, 3.8) is 0 Å². The number of likely N-dealkylation sites (tertiary alicyclic amines) is 1. The molecule has 1 amide bonds. The number of carbonyl (C=O) groups is 1. The van der Waals surface area contributed by atoms with E-state index in [0.29, 0.717) is 12.0 Å². The highest BCUT2D eigenvalue weighted by Crippen LogP contribution is 2.23. The van der Waals surface area contributed by atoms with Gasteiger partial charge in [-0.1, -0.05) is 13.8 Å². The molecule has 0 spiro atoms. The Morgan fingerprint density at radius 3 is 2.61 bits per heavy atom. The van der Waals surface area contributed by atoms with Crippen LogP contribution in [0.5, 0.6) is 0 Å². The molecule has 1 heterocycles. The number of nitrogens with zero attached hydrogens (tertiary/aromatic N) is 1. The van der Waals surface area contributed by atoms with Crippen molar-refractivity contribution >= 4 is 6.09 Å². The van der Waals surface area contributed by atoms with Crippen LogP contribution in [0.1, 0.15) is 60.8 Å². The normalized spacial score (nSPS) is 20.1. The van der Waals surface area contributed by atoms with Crippen LogP contribution in [0.4, 0.5) is 4.79 Å². The van der Waals surface area contributed by atoms with Gasteiger partial charge in [0.1, 0.15) is 5.60 Å².